The van der Waals surface area contributed by atoms with Gasteiger partial charge in [0.1, 0.15) is 5.75 Å². The normalized spacial score (nSPS) is 12.3. The summed E-state index contributed by atoms with van der Waals surface area (Å²) >= 11 is 6.03. The van der Waals surface area contributed by atoms with E-state index in [1.165, 1.54) is 0 Å². The second-order valence-corrected chi connectivity index (χ2v) is 4.79. The van der Waals surface area contributed by atoms with Crippen LogP contribution in [0.25, 0.3) is 0 Å². The lowest BCUT2D eigenvalue weighted by Gasteiger charge is -2.14. The summed E-state index contributed by atoms with van der Waals surface area (Å²) in [6, 6.07) is 4.03. The summed E-state index contributed by atoms with van der Waals surface area (Å²) in [4.78, 5) is 0. The molecule has 0 aliphatic rings. The van der Waals surface area contributed by atoms with Crippen LogP contribution in [0.1, 0.15) is 25.3 Å². The molecule has 1 rings (SSSR count). The van der Waals surface area contributed by atoms with Crippen molar-refractivity contribution in [1.29, 1.82) is 0 Å². The van der Waals surface area contributed by atoms with E-state index in [0.29, 0.717) is 0 Å². The fourth-order valence-corrected chi connectivity index (χ4v) is 2.05. The van der Waals surface area contributed by atoms with Crippen LogP contribution in [0.2, 0.25) is 5.02 Å². The second-order valence-electron chi connectivity index (χ2n) is 4.35. The number of hydrogen-bond donors (Lipinski definition) is 2. The van der Waals surface area contributed by atoms with Gasteiger partial charge in [0, 0.05) is 17.6 Å². The quantitative estimate of drug-likeness (QED) is 0.769. The Morgan fingerprint density at radius 2 is 2.18 bits per heavy atom. The third-order valence-corrected chi connectivity index (χ3v) is 2.81. The van der Waals surface area contributed by atoms with E-state index >= 15 is 0 Å². The highest BCUT2D eigenvalue weighted by molar-refractivity contribution is 6.31. The molecule has 0 spiro atoms. The summed E-state index contributed by atoms with van der Waals surface area (Å²) in [5, 5.41) is 4.06. The minimum atomic E-state index is 0.250. The van der Waals surface area contributed by atoms with Crippen LogP contribution in [0.3, 0.4) is 0 Å². The standard InChI is InChI=1S/C13H21ClN2O/c1-9-7-11(14)8-12(13(9)17-3)16-6-4-5-10(2)15/h7-8,10,16H,4-6,15H2,1-3H3. The predicted molar refractivity (Wildman–Crippen MR) is 74.1 cm³/mol. The number of nitrogens with one attached hydrogen (secondary N) is 1. The first-order valence-corrected chi connectivity index (χ1v) is 6.26. The molecule has 0 aliphatic heterocycles. The smallest absolute Gasteiger partial charge is 0.144 e. The van der Waals surface area contributed by atoms with E-state index < -0.39 is 0 Å². The van der Waals surface area contributed by atoms with Gasteiger partial charge in [-0.3, -0.25) is 0 Å². The molecule has 0 aliphatic carbocycles. The maximum atomic E-state index is 6.03. The third kappa shape index (κ3) is 4.44. The second kappa shape index (κ2) is 6.72. The number of benzene rings is 1. The highest BCUT2D eigenvalue weighted by atomic mass is 35.5. The Hall–Kier alpha value is -0.930. The Balaban J connectivity index is 2.63. The van der Waals surface area contributed by atoms with Crippen molar-refractivity contribution in [2.45, 2.75) is 32.7 Å². The van der Waals surface area contributed by atoms with E-state index in [0.717, 1.165) is 41.4 Å². The summed E-state index contributed by atoms with van der Waals surface area (Å²) in [5.74, 6) is 0.857. The van der Waals surface area contributed by atoms with Crippen LogP contribution in [0.5, 0.6) is 5.75 Å². The van der Waals surface area contributed by atoms with Gasteiger partial charge in [-0.1, -0.05) is 11.6 Å². The summed E-state index contributed by atoms with van der Waals surface area (Å²) in [5.41, 5.74) is 7.69. The van der Waals surface area contributed by atoms with Crippen molar-refractivity contribution in [3.8, 4) is 5.75 Å². The Morgan fingerprint density at radius 1 is 1.47 bits per heavy atom. The largest absolute Gasteiger partial charge is 0.494 e. The van der Waals surface area contributed by atoms with Crippen LogP contribution in [-0.2, 0) is 0 Å². The molecule has 96 valence electrons. The number of methoxy groups -OCH3 is 1. The lowest BCUT2D eigenvalue weighted by Crippen LogP contribution is -2.16. The maximum Gasteiger partial charge on any atom is 0.144 e. The molecule has 1 aromatic carbocycles. The monoisotopic (exact) mass is 256 g/mol. The predicted octanol–water partition coefficient (Wildman–Crippen LogP) is 3.20. The number of halogens is 1. The molecule has 0 amide bonds. The highest BCUT2D eigenvalue weighted by Gasteiger charge is 2.07. The fourth-order valence-electron chi connectivity index (χ4n) is 1.78. The average Bonchev–Trinajstić information content (AvgIpc) is 2.23. The van der Waals surface area contributed by atoms with Crippen molar-refractivity contribution in [3.63, 3.8) is 0 Å². The van der Waals surface area contributed by atoms with Crippen molar-refractivity contribution >= 4 is 17.3 Å². The van der Waals surface area contributed by atoms with Crippen LogP contribution in [-0.4, -0.2) is 19.7 Å². The van der Waals surface area contributed by atoms with Crippen LogP contribution in [0, 0.1) is 6.92 Å². The van der Waals surface area contributed by atoms with E-state index in [1.54, 1.807) is 7.11 Å². The lowest BCUT2D eigenvalue weighted by molar-refractivity contribution is 0.413. The molecule has 3 nitrogen and oxygen atoms in total. The summed E-state index contributed by atoms with van der Waals surface area (Å²) < 4.78 is 5.36. The van der Waals surface area contributed by atoms with E-state index in [1.807, 2.05) is 26.0 Å². The third-order valence-electron chi connectivity index (χ3n) is 2.60. The van der Waals surface area contributed by atoms with E-state index in [4.69, 9.17) is 22.1 Å². The zero-order valence-corrected chi connectivity index (χ0v) is 11.5. The molecular formula is C13H21ClN2O. The molecule has 0 bridgehead atoms. The van der Waals surface area contributed by atoms with Crippen LogP contribution >= 0.6 is 11.6 Å². The zero-order chi connectivity index (χ0) is 12.8. The van der Waals surface area contributed by atoms with Gasteiger partial charge in [-0.05, 0) is 44.4 Å². The number of anilines is 1. The Bertz CT molecular complexity index is 367. The number of nitrogens with two attached hydrogens (primary N) is 1. The van der Waals surface area contributed by atoms with Crippen LogP contribution in [0.4, 0.5) is 5.69 Å². The molecule has 17 heavy (non-hydrogen) atoms. The Kier molecular flexibility index (Phi) is 5.59. The van der Waals surface area contributed by atoms with Gasteiger partial charge in [0.05, 0.1) is 12.8 Å². The van der Waals surface area contributed by atoms with Gasteiger partial charge in [0.15, 0.2) is 0 Å². The molecule has 4 heteroatoms. The lowest BCUT2D eigenvalue weighted by atomic mass is 10.1. The molecule has 0 radical (unpaired) electrons. The first-order valence-electron chi connectivity index (χ1n) is 5.88. The first-order chi connectivity index (χ1) is 8.04. The number of aryl methyl sites for hydroxylation is 1. The molecule has 0 heterocycles. The molecule has 0 saturated heterocycles. The van der Waals surface area contributed by atoms with Crippen LogP contribution in [0.15, 0.2) is 12.1 Å². The van der Waals surface area contributed by atoms with Gasteiger partial charge in [-0.15, -0.1) is 0 Å². The van der Waals surface area contributed by atoms with Crippen molar-refractivity contribution in [2.24, 2.45) is 5.73 Å². The van der Waals surface area contributed by atoms with Gasteiger partial charge in [-0.2, -0.15) is 0 Å². The van der Waals surface area contributed by atoms with Crippen molar-refractivity contribution in [3.05, 3.63) is 22.7 Å². The van der Waals surface area contributed by atoms with E-state index in [-0.39, 0.29) is 6.04 Å². The summed E-state index contributed by atoms with van der Waals surface area (Å²) in [6.45, 7) is 4.87. The Labute approximate surface area is 108 Å². The first kappa shape index (κ1) is 14.1. The van der Waals surface area contributed by atoms with Gasteiger partial charge < -0.3 is 15.8 Å². The summed E-state index contributed by atoms with van der Waals surface area (Å²) in [7, 11) is 1.67. The minimum Gasteiger partial charge on any atom is -0.494 e. The molecule has 1 unspecified atom stereocenters. The average molecular weight is 257 g/mol. The highest BCUT2D eigenvalue weighted by Crippen LogP contribution is 2.31. The number of rotatable bonds is 6. The van der Waals surface area contributed by atoms with Gasteiger partial charge in [0.25, 0.3) is 0 Å². The molecular weight excluding hydrogens is 236 g/mol. The van der Waals surface area contributed by atoms with Crippen LogP contribution < -0.4 is 15.8 Å². The minimum absolute atomic E-state index is 0.250. The van der Waals surface area contributed by atoms with Crippen molar-refractivity contribution in [1.82, 2.24) is 0 Å². The van der Waals surface area contributed by atoms with Crippen molar-refractivity contribution in [2.75, 3.05) is 19.0 Å². The van der Waals surface area contributed by atoms with Gasteiger partial charge in [0.2, 0.25) is 0 Å². The van der Waals surface area contributed by atoms with Gasteiger partial charge in [-0.25, -0.2) is 0 Å². The summed E-state index contributed by atoms with van der Waals surface area (Å²) in [6.07, 6.45) is 2.04. The zero-order valence-electron chi connectivity index (χ0n) is 10.7. The molecule has 3 N–H and O–H groups in total. The SMILES string of the molecule is COc1c(C)cc(Cl)cc1NCCCC(C)N. The molecule has 0 saturated carbocycles. The van der Waals surface area contributed by atoms with Crippen molar-refractivity contribution < 1.29 is 4.74 Å². The molecule has 1 atom stereocenters. The topological polar surface area (TPSA) is 47.3 Å². The van der Waals surface area contributed by atoms with E-state index in [9.17, 15) is 0 Å². The maximum absolute atomic E-state index is 6.03. The number of hydrogen-bond acceptors (Lipinski definition) is 3. The molecule has 0 aromatic heterocycles. The number of ether oxygens (including phenoxy) is 1. The molecule has 0 fully saturated rings. The molecule has 1 aromatic rings. The fraction of sp³-hybridized carbons (Fsp3) is 0.538. The van der Waals surface area contributed by atoms with E-state index in [2.05, 4.69) is 5.32 Å². The Morgan fingerprint density at radius 3 is 2.76 bits per heavy atom. The van der Waals surface area contributed by atoms with Gasteiger partial charge >= 0.3 is 0 Å².